The summed E-state index contributed by atoms with van der Waals surface area (Å²) in [4.78, 5) is 11.1. The molecule has 1 aliphatic carbocycles. The Kier molecular flexibility index (Phi) is 8.20. The predicted molar refractivity (Wildman–Crippen MR) is 82.7 cm³/mol. The van der Waals surface area contributed by atoms with Crippen LogP contribution in [0.4, 0.5) is 0 Å². The van der Waals surface area contributed by atoms with Crippen molar-refractivity contribution in [3.8, 4) is 0 Å². The number of aryl methyl sites for hydroxylation is 1. The van der Waals surface area contributed by atoms with Gasteiger partial charge in [-0.25, -0.2) is 0 Å². The van der Waals surface area contributed by atoms with E-state index in [1.165, 1.54) is 56.9 Å². The fourth-order valence-corrected chi connectivity index (χ4v) is 2.36. The Balaban J connectivity index is 0.000000200. The van der Waals surface area contributed by atoms with Crippen LogP contribution in [0.2, 0.25) is 0 Å². The average molecular weight is 260 g/mol. The molecule has 1 aromatic carbocycles. The van der Waals surface area contributed by atoms with Gasteiger partial charge >= 0.3 is 0 Å². The molecule has 0 radical (unpaired) electrons. The fraction of sp³-hybridized carbons (Fsp3) is 0.611. The highest BCUT2D eigenvalue weighted by Crippen LogP contribution is 2.15. The molecule has 0 heterocycles. The quantitative estimate of drug-likeness (QED) is 0.622. The number of hydrogen-bond acceptors (Lipinski definition) is 1. The zero-order valence-corrected chi connectivity index (χ0v) is 12.6. The molecule has 1 aliphatic rings. The molecular formula is C18H28O. The molecule has 0 spiro atoms. The lowest BCUT2D eigenvalue weighted by atomic mass is 10.0. The van der Waals surface area contributed by atoms with Crippen LogP contribution in [0.3, 0.4) is 0 Å². The summed E-state index contributed by atoms with van der Waals surface area (Å²) >= 11 is 0. The Bertz CT molecular complexity index is 326. The van der Waals surface area contributed by atoms with Gasteiger partial charge in [0.1, 0.15) is 0 Å². The summed E-state index contributed by atoms with van der Waals surface area (Å²) < 4.78 is 0. The van der Waals surface area contributed by atoms with Gasteiger partial charge in [0.2, 0.25) is 0 Å². The first-order valence-electron chi connectivity index (χ1n) is 7.84. The summed E-state index contributed by atoms with van der Waals surface area (Å²) in [6.45, 7) is 3.89. The van der Waals surface area contributed by atoms with Gasteiger partial charge in [-0.2, -0.15) is 0 Å². The SMILES string of the molecule is C1CCCCCCC1.CCC(=O)c1ccc(C)cc1. The Morgan fingerprint density at radius 1 is 0.842 bits per heavy atom. The number of carbonyl (C=O) groups excluding carboxylic acids is 1. The average Bonchev–Trinajstić information content (AvgIpc) is 2.38. The van der Waals surface area contributed by atoms with Crippen LogP contribution < -0.4 is 0 Å². The summed E-state index contributed by atoms with van der Waals surface area (Å²) in [6.07, 6.45) is 12.6. The maximum Gasteiger partial charge on any atom is 0.162 e. The van der Waals surface area contributed by atoms with Gasteiger partial charge in [0.15, 0.2) is 5.78 Å². The van der Waals surface area contributed by atoms with Crippen molar-refractivity contribution in [2.75, 3.05) is 0 Å². The third-order valence-electron chi connectivity index (χ3n) is 3.69. The second kappa shape index (κ2) is 9.77. The van der Waals surface area contributed by atoms with E-state index in [9.17, 15) is 4.79 Å². The van der Waals surface area contributed by atoms with Crippen LogP contribution >= 0.6 is 0 Å². The normalized spacial score (nSPS) is 15.7. The monoisotopic (exact) mass is 260 g/mol. The van der Waals surface area contributed by atoms with Gasteiger partial charge in [-0.15, -0.1) is 0 Å². The zero-order chi connectivity index (χ0) is 13.9. The Morgan fingerprint density at radius 2 is 1.21 bits per heavy atom. The van der Waals surface area contributed by atoms with Gasteiger partial charge in [0.25, 0.3) is 0 Å². The maximum absolute atomic E-state index is 11.1. The van der Waals surface area contributed by atoms with Crippen molar-refractivity contribution in [2.45, 2.75) is 71.6 Å². The molecule has 106 valence electrons. The van der Waals surface area contributed by atoms with E-state index in [1.54, 1.807) is 0 Å². The molecule has 0 bridgehead atoms. The molecule has 1 nitrogen and oxygen atoms in total. The van der Waals surface area contributed by atoms with Crippen LogP contribution in [0, 0.1) is 6.92 Å². The van der Waals surface area contributed by atoms with E-state index in [-0.39, 0.29) is 5.78 Å². The minimum absolute atomic E-state index is 0.213. The standard InChI is InChI=1S/C10H12O.C8H16/c1-3-10(11)9-6-4-8(2)5-7-9;1-2-4-6-8-7-5-3-1/h4-7H,3H2,1-2H3;1-8H2. The van der Waals surface area contributed by atoms with Gasteiger partial charge in [-0.05, 0) is 6.92 Å². The molecule has 0 N–H and O–H groups in total. The van der Waals surface area contributed by atoms with E-state index in [0.29, 0.717) is 6.42 Å². The highest BCUT2D eigenvalue weighted by molar-refractivity contribution is 5.95. The van der Waals surface area contributed by atoms with Gasteiger partial charge in [0, 0.05) is 12.0 Å². The zero-order valence-electron chi connectivity index (χ0n) is 12.6. The van der Waals surface area contributed by atoms with Gasteiger partial charge in [-0.1, -0.05) is 88.1 Å². The van der Waals surface area contributed by atoms with E-state index in [2.05, 4.69) is 0 Å². The molecule has 0 atom stereocenters. The van der Waals surface area contributed by atoms with Crippen molar-refractivity contribution in [2.24, 2.45) is 0 Å². The number of hydrogen-bond donors (Lipinski definition) is 0. The highest BCUT2D eigenvalue weighted by atomic mass is 16.1. The molecule has 0 aliphatic heterocycles. The molecule has 0 saturated heterocycles. The second-order valence-electron chi connectivity index (χ2n) is 5.47. The molecular weight excluding hydrogens is 232 g/mol. The summed E-state index contributed by atoms with van der Waals surface area (Å²) in [5, 5.41) is 0. The summed E-state index contributed by atoms with van der Waals surface area (Å²) in [7, 11) is 0. The first kappa shape index (κ1) is 15.9. The van der Waals surface area contributed by atoms with E-state index < -0.39 is 0 Å². The van der Waals surface area contributed by atoms with Crippen molar-refractivity contribution < 1.29 is 4.79 Å². The van der Waals surface area contributed by atoms with E-state index in [1.807, 2.05) is 38.1 Å². The van der Waals surface area contributed by atoms with E-state index in [0.717, 1.165) is 5.56 Å². The summed E-state index contributed by atoms with van der Waals surface area (Å²) in [5.74, 6) is 0.213. The topological polar surface area (TPSA) is 17.1 Å². The lowest BCUT2D eigenvalue weighted by Crippen LogP contribution is -1.95. The molecule has 1 fully saturated rings. The van der Waals surface area contributed by atoms with Gasteiger partial charge in [-0.3, -0.25) is 4.79 Å². The Hall–Kier alpha value is -1.11. The molecule has 1 aromatic rings. The molecule has 0 amide bonds. The first-order valence-corrected chi connectivity index (χ1v) is 7.84. The molecule has 1 saturated carbocycles. The van der Waals surface area contributed by atoms with E-state index >= 15 is 0 Å². The lowest BCUT2D eigenvalue weighted by Gasteiger charge is -2.05. The van der Waals surface area contributed by atoms with Crippen LogP contribution in [0.15, 0.2) is 24.3 Å². The molecule has 0 unspecified atom stereocenters. The summed E-state index contributed by atoms with van der Waals surface area (Å²) in [5.41, 5.74) is 2.01. The largest absolute Gasteiger partial charge is 0.294 e. The minimum atomic E-state index is 0.213. The molecule has 19 heavy (non-hydrogen) atoms. The van der Waals surface area contributed by atoms with Crippen LogP contribution in [0.5, 0.6) is 0 Å². The first-order chi connectivity index (χ1) is 9.24. The lowest BCUT2D eigenvalue weighted by molar-refractivity contribution is 0.0988. The Morgan fingerprint density at radius 3 is 1.53 bits per heavy atom. The van der Waals surface area contributed by atoms with Crippen molar-refractivity contribution in [3.05, 3.63) is 35.4 Å². The maximum atomic E-state index is 11.1. The van der Waals surface area contributed by atoms with Crippen LogP contribution in [0.25, 0.3) is 0 Å². The molecule has 0 aromatic heterocycles. The number of benzene rings is 1. The fourth-order valence-electron chi connectivity index (χ4n) is 2.36. The molecule has 2 rings (SSSR count). The minimum Gasteiger partial charge on any atom is -0.294 e. The van der Waals surface area contributed by atoms with Crippen molar-refractivity contribution in [1.82, 2.24) is 0 Å². The number of carbonyl (C=O) groups is 1. The number of rotatable bonds is 2. The van der Waals surface area contributed by atoms with Crippen LogP contribution in [0.1, 0.15) is 80.6 Å². The van der Waals surface area contributed by atoms with Crippen molar-refractivity contribution in [1.29, 1.82) is 0 Å². The number of Topliss-reactive ketones (excluding diaryl/α,β-unsaturated/α-hetero) is 1. The van der Waals surface area contributed by atoms with Crippen LogP contribution in [-0.2, 0) is 0 Å². The highest BCUT2D eigenvalue weighted by Gasteiger charge is 2.00. The van der Waals surface area contributed by atoms with Crippen molar-refractivity contribution in [3.63, 3.8) is 0 Å². The van der Waals surface area contributed by atoms with Gasteiger partial charge in [0.05, 0.1) is 0 Å². The van der Waals surface area contributed by atoms with E-state index in [4.69, 9.17) is 0 Å². The molecule has 1 heteroatoms. The summed E-state index contributed by atoms with van der Waals surface area (Å²) in [6, 6.07) is 7.67. The smallest absolute Gasteiger partial charge is 0.162 e. The van der Waals surface area contributed by atoms with Crippen molar-refractivity contribution >= 4 is 5.78 Å². The second-order valence-corrected chi connectivity index (χ2v) is 5.47. The third kappa shape index (κ3) is 7.15. The number of ketones is 1. The third-order valence-corrected chi connectivity index (χ3v) is 3.69. The van der Waals surface area contributed by atoms with Crippen LogP contribution in [-0.4, -0.2) is 5.78 Å². The van der Waals surface area contributed by atoms with Gasteiger partial charge < -0.3 is 0 Å². The Labute approximate surface area is 118 Å². The predicted octanol–water partition coefficient (Wildman–Crippen LogP) is 5.71.